The van der Waals surface area contributed by atoms with Gasteiger partial charge in [0, 0.05) is 0 Å². The van der Waals surface area contributed by atoms with E-state index < -0.39 is 40.6 Å². The van der Waals surface area contributed by atoms with E-state index in [0.717, 1.165) is 12.1 Å². The van der Waals surface area contributed by atoms with Crippen molar-refractivity contribution in [1.29, 1.82) is 10.5 Å². The Bertz CT molecular complexity index is 1350. The molecule has 0 heterocycles. The summed E-state index contributed by atoms with van der Waals surface area (Å²) in [5.41, 5.74) is -0.0427. The average Bonchev–Trinajstić information content (AvgIpc) is 2.72. The Morgan fingerprint density at radius 3 is 1.20 bits per heavy atom. The molecule has 0 unspecified atom stereocenters. The Morgan fingerprint density at radius 2 is 0.900 bits per heavy atom. The van der Waals surface area contributed by atoms with E-state index in [1.54, 1.807) is 62.4 Å². The first-order chi connectivity index (χ1) is 14.2. The van der Waals surface area contributed by atoms with Gasteiger partial charge < -0.3 is 0 Å². The van der Waals surface area contributed by atoms with Crippen LogP contribution in [0.1, 0.15) is 22.3 Å². The van der Waals surface area contributed by atoms with Gasteiger partial charge in [0.05, 0.1) is 30.7 Å². The minimum Gasteiger partial charge on any atom is -0.218 e. The van der Waals surface area contributed by atoms with Crippen molar-refractivity contribution in [1.82, 2.24) is 0 Å². The standard InChI is InChI=1S/C22H16N2O4S2/c1-15-7-3-5-9-19(15)29(25,26)21-11-12-22(18(14-24)17(21)13-23)30(27,28)20-10-6-4-8-16(20)2/h3-12H,1-2H3. The maximum atomic E-state index is 13.2. The van der Waals surface area contributed by atoms with Crippen molar-refractivity contribution in [2.75, 3.05) is 0 Å². The number of hydrogen-bond acceptors (Lipinski definition) is 6. The van der Waals surface area contributed by atoms with E-state index in [-0.39, 0.29) is 9.79 Å². The summed E-state index contributed by atoms with van der Waals surface area (Å²) in [6.45, 7) is 3.22. The smallest absolute Gasteiger partial charge is 0.208 e. The molecular formula is C22H16N2O4S2. The molecule has 0 aliphatic heterocycles. The van der Waals surface area contributed by atoms with Gasteiger partial charge in [0.1, 0.15) is 12.1 Å². The SMILES string of the molecule is Cc1ccccc1S(=O)(=O)c1ccc(S(=O)(=O)c2ccccc2C)c(C#N)c1C#N. The molecule has 0 saturated carbocycles. The predicted molar refractivity (Wildman–Crippen MR) is 109 cm³/mol. The molecule has 150 valence electrons. The fourth-order valence-electron chi connectivity index (χ4n) is 3.19. The van der Waals surface area contributed by atoms with Gasteiger partial charge in [0.15, 0.2) is 0 Å². The Labute approximate surface area is 175 Å². The molecule has 0 aliphatic carbocycles. The van der Waals surface area contributed by atoms with Crippen LogP contribution < -0.4 is 0 Å². The summed E-state index contributed by atoms with van der Waals surface area (Å²) in [5, 5.41) is 19.3. The van der Waals surface area contributed by atoms with Crippen LogP contribution in [-0.4, -0.2) is 16.8 Å². The van der Waals surface area contributed by atoms with Crippen molar-refractivity contribution in [2.24, 2.45) is 0 Å². The van der Waals surface area contributed by atoms with Gasteiger partial charge in [-0.05, 0) is 49.2 Å². The van der Waals surface area contributed by atoms with Crippen molar-refractivity contribution in [3.63, 3.8) is 0 Å². The fourth-order valence-corrected chi connectivity index (χ4v) is 6.49. The molecule has 0 spiro atoms. The molecule has 0 aliphatic rings. The number of sulfone groups is 2. The lowest BCUT2D eigenvalue weighted by molar-refractivity contribution is 0.591. The first kappa shape index (κ1) is 21.3. The van der Waals surface area contributed by atoms with Crippen LogP contribution in [0.2, 0.25) is 0 Å². The second-order valence-corrected chi connectivity index (χ2v) is 10.3. The lowest BCUT2D eigenvalue weighted by Gasteiger charge is -2.14. The Morgan fingerprint density at radius 1 is 0.567 bits per heavy atom. The van der Waals surface area contributed by atoms with Crippen molar-refractivity contribution in [3.05, 3.63) is 82.9 Å². The summed E-state index contributed by atoms with van der Waals surface area (Å²) in [5.74, 6) is 0. The highest BCUT2D eigenvalue weighted by atomic mass is 32.2. The quantitative estimate of drug-likeness (QED) is 0.615. The normalized spacial score (nSPS) is 11.5. The molecule has 30 heavy (non-hydrogen) atoms. The van der Waals surface area contributed by atoms with Crippen molar-refractivity contribution >= 4 is 19.7 Å². The Hall–Kier alpha value is -3.46. The number of rotatable bonds is 4. The predicted octanol–water partition coefficient (Wildman–Crippen LogP) is 3.71. The van der Waals surface area contributed by atoms with Crippen LogP contribution in [0.3, 0.4) is 0 Å². The molecule has 0 radical (unpaired) electrons. The zero-order valence-corrected chi connectivity index (χ0v) is 17.8. The lowest BCUT2D eigenvalue weighted by Crippen LogP contribution is -2.12. The van der Waals surface area contributed by atoms with Gasteiger partial charge in [-0.25, -0.2) is 16.8 Å². The summed E-state index contributed by atoms with van der Waals surface area (Å²) >= 11 is 0. The second kappa shape index (κ2) is 7.75. The van der Waals surface area contributed by atoms with Gasteiger partial charge >= 0.3 is 0 Å². The molecule has 0 fully saturated rings. The number of nitrogens with zero attached hydrogens (tertiary/aromatic N) is 2. The van der Waals surface area contributed by atoms with Crippen LogP contribution in [0.15, 0.2) is 80.2 Å². The van der Waals surface area contributed by atoms with Gasteiger partial charge in [-0.3, -0.25) is 0 Å². The maximum Gasteiger partial charge on any atom is 0.208 e. The molecule has 0 atom stereocenters. The molecule has 3 aromatic carbocycles. The van der Waals surface area contributed by atoms with E-state index in [4.69, 9.17) is 0 Å². The minimum absolute atomic E-state index is 0.0140. The first-order valence-corrected chi connectivity index (χ1v) is 11.7. The Balaban J connectivity index is 2.34. The molecule has 0 N–H and O–H groups in total. The third-order valence-electron chi connectivity index (χ3n) is 4.70. The average molecular weight is 437 g/mol. The van der Waals surface area contributed by atoms with Crippen molar-refractivity contribution in [2.45, 2.75) is 33.4 Å². The molecule has 3 aromatic rings. The minimum atomic E-state index is -4.15. The molecule has 3 rings (SSSR count). The largest absolute Gasteiger partial charge is 0.218 e. The van der Waals surface area contributed by atoms with Crippen LogP contribution in [-0.2, 0) is 19.7 Å². The van der Waals surface area contributed by atoms with E-state index >= 15 is 0 Å². The van der Waals surface area contributed by atoms with Gasteiger partial charge in [0.2, 0.25) is 19.7 Å². The Kier molecular flexibility index (Phi) is 5.49. The van der Waals surface area contributed by atoms with E-state index in [0.29, 0.717) is 11.1 Å². The van der Waals surface area contributed by atoms with Gasteiger partial charge in [-0.2, -0.15) is 10.5 Å². The maximum absolute atomic E-state index is 13.2. The molecule has 8 heteroatoms. The topological polar surface area (TPSA) is 116 Å². The number of benzene rings is 3. The molecule has 0 saturated heterocycles. The number of nitriles is 2. The van der Waals surface area contributed by atoms with Gasteiger partial charge in [-0.15, -0.1) is 0 Å². The van der Waals surface area contributed by atoms with Gasteiger partial charge in [0.25, 0.3) is 0 Å². The number of hydrogen-bond donors (Lipinski definition) is 0. The highest BCUT2D eigenvalue weighted by Gasteiger charge is 2.31. The molecule has 0 aromatic heterocycles. The molecule has 6 nitrogen and oxygen atoms in total. The summed E-state index contributed by atoms with van der Waals surface area (Å²) in [7, 11) is -8.30. The van der Waals surface area contributed by atoms with E-state index in [1.807, 2.05) is 0 Å². The van der Waals surface area contributed by atoms with Crippen molar-refractivity contribution in [3.8, 4) is 12.1 Å². The molecule has 0 bridgehead atoms. The highest BCUT2D eigenvalue weighted by Crippen LogP contribution is 2.33. The first-order valence-electron chi connectivity index (χ1n) is 8.75. The summed E-state index contributed by atoms with van der Waals surface area (Å²) in [4.78, 5) is -0.834. The lowest BCUT2D eigenvalue weighted by atomic mass is 10.1. The van der Waals surface area contributed by atoms with E-state index in [2.05, 4.69) is 0 Å². The van der Waals surface area contributed by atoms with Crippen LogP contribution in [0.4, 0.5) is 0 Å². The molecular weight excluding hydrogens is 420 g/mol. The summed E-state index contributed by atoms with van der Waals surface area (Å²) in [6, 6.07) is 18.1. The summed E-state index contributed by atoms with van der Waals surface area (Å²) in [6.07, 6.45) is 0. The fraction of sp³-hybridized carbons (Fsp3) is 0.0909. The van der Waals surface area contributed by atoms with Crippen LogP contribution in [0, 0.1) is 36.5 Å². The van der Waals surface area contributed by atoms with E-state index in [1.165, 1.54) is 12.1 Å². The number of aryl methyl sites for hydroxylation is 2. The summed E-state index contributed by atoms with van der Waals surface area (Å²) < 4.78 is 52.7. The zero-order chi connectivity index (χ0) is 22.1. The van der Waals surface area contributed by atoms with Crippen LogP contribution in [0.5, 0.6) is 0 Å². The van der Waals surface area contributed by atoms with Crippen molar-refractivity contribution < 1.29 is 16.8 Å². The third kappa shape index (κ3) is 3.37. The molecule has 0 amide bonds. The highest BCUT2D eigenvalue weighted by molar-refractivity contribution is 7.92. The third-order valence-corrected chi connectivity index (χ3v) is 8.61. The zero-order valence-electron chi connectivity index (χ0n) is 16.1. The second-order valence-electron chi connectivity index (χ2n) is 6.57. The van der Waals surface area contributed by atoms with Crippen LogP contribution in [0.25, 0.3) is 0 Å². The van der Waals surface area contributed by atoms with Crippen LogP contribution >= 0.6 is 0 Å². The van der Waals surface area contributed by atoms with Gasteiger partial charge in [-0.1, -0.05) is 36.4 Å². The monoisotopic (exact) mass is 436 g/mol. The van der Waals surface area contributed by atoms with E-state index in [9.17, 15) is 27.4 Å².